The summed E-state index contributed by atoms with van der Waals surface area (Å²) in [7, 11) is 0. The third-order valence-corrected chi connectivity index (χ3v) is 3.01. The molecule has 0 aliphatic heterocycles. The van der Waals surface area contributed by atoms with Gasteiger partial charge in [-0.05, 0) is 43.2 Å². The summed E-state index contributed by atoms with van der Waals surface area (Å²) in [6.45, 7) is 4.20. The summed E-state index contributed by atoms with van der Waals surface area (Å²) in [5.41, 5.74) is 1.97. The van der Waals surface area contributed by atoms with Crippen LogP contribution < -0.4 is 5.32 Å². The first-order valence-corrected chi connectivity index (χ1v) is 6.04. The van der Waals surface area contributed by atoms with Crippen LogP contribution in [0, 0.1) is 13.8 Å². The van der Waals surface area contributed by atoms with Gasteiger partial charge in [-0.1, -0.05) is 23.7 Å². The maximum absolute atomic E-state index is 11.8. The van der Waals surface area contributed by atoms with Gasteiger partial charge in [-0.2, -0.15) is 0 Å². The molecule has 0 unspecified atom stereocenters. The highest BCUT2D eigenvalue weighted by Gasteiger charge is 2.11. The summed E-state index contributed by atoms with van der Waals surface area (Å²) >= 11 is 5.79. The first-order valence-electron chi connectivity index (χ1n) is 5.66. The molecule has 0 saturated carbocycles. The van der Waals surface area contributed by atoms with E-state index in [1.54, 1.807) is 18.2 Å². The number of rotatable bonds is 3. The highest BCUT2D eigenvalue weighted by Crippen LogP contribution is 2.13. The van der Waals surface area contributed by atoms with Gasteiger partial charge in [0.2, 0.25) is 0 Å². The number of nitrogens with one attached hydrogen (secondary N) is 1. The van der Waals surface area contributed by atoms with Gasteiger partial charge in [-0.25, -0.2) is 0 Å². The molecule has 0 saturated heterocycles. The van der Waals surface area contributed by atoms with Gasteiger partial charge < -0.3 is 9.73 Å². The largest absolute Gasteiger partial charge is 0.456 e. The lowest BCUT2D eigenvalue weighted by atomic mass is 10.2. The van der Waals surface area contributed by atoms with Gasteiger partial charge in [0.05, 0.1) is 0 Å². The molecule has 1 amide bonds. The third kappa shape index (κ3) is 2.93. The van der Waals surface area contributed by atoms with Gasteiger partial charge in [0.1, 0.15) is 5.76 Å². The Morgan fingerprint density at radius 3 is 2.50 bits per heavy atom. The zero-order valence-corrected chi connectivity index (χ0v) is 11.0. The van der Waals surface area contributed by atoms with Gasteiger partial charge in [-0.15, -0.1) is 0 Å². The smallest absolute Gasteiger partial charge is 0.287 e. The van der Waals surface area contributed by atoms with Crippen LogP contribution in [-0.4, -0.2) is 5.91 Å². The summed E-state index contributed by atoms with van der Waals surface area (Å²) < 4.78 is 5.35. The summed E-state index contributed by atoms with van der Waals surface area (Å²) in [6.07, 6.45) is 0. The van der Waals surface area contributed by atoms with E-state index in [1.165, 1.54) is 0 Å². The molecule has 94 valence electrons. The zero-order valence-electron chi connectivity index (χ0n) is 10.3. The van der Waals surface area contributed by atoms with Crippen molar-refractivity contribution < 1.29 is 9.21 Å². The van der Waals surface area contributed by atoms with Crippen LogP contribution in [0.3, 0.4) is 0 Å². The van der Waals surface area contributed by atoms with Crippen molar-refractivity contribution >= 4 is 17.5 Å². The first-order chi connectivity index (χ1) is 8.56. The number of hydrogen-bond acceptors (Lipinski definition) is 2. The summed E-state index contributed by atoms with van der Waals surface area (Å²) in [4.78, 5) is 11.8. The van der Waals surface area contributed by atoms with Crippen molar-refractivity contribution in [2.75, 3.05) is 0 Å². The van der Waals surface area contributed by atoms with Crippen molar-refractivity contribution in [1.82, 2.24) is 5.32 Å². The molecule has 1 aromatic heterocycles. The first kappa shape index (κ1) is 12.7. The average Bonchev–Trinajstić information content (AvgIpc) is 2.69. The molecular formula is C14H14ClNO2. The second-order valence-corrected chi connectivity index (χ2v) is 4.60. The van der Waals surface area contributed by atoms with E-state index in [2.05, 4.69) is 5.32 Å². The Kier molecular flexibility index (Phi) is 3.72. The van der Waals surface area contributed by atoms with Gasteiger partial charge in [0.25, 0.3) is 5.91 Å². The van der Waals surface area contributed by atoms with Crippen molar-refractivity contribution in [2.24, 2.45) is 0 Å². The monoisotopic (exact) mass is 263 g/mol. The number of carbonyl (C=O) groups excluding carboxylic acids is 1. The maximum Gasteiger partial charge on any atom is 0.287 e. The molecule has 2 rings (SSSR count). The normalized spacial score (nSPS) is 10.4. The highest BCUT2D eigenvalue weighted by molar-refractivity contribution is 6.30. The van der Waals surface area contributed by atoms with Crippen LogP contribution in [0.4, 0.5) is 0 Å². The fourth-order valence-corrected chi connectivity index (χ4v) is 1.68. The summed E-state index contributed by atoms with van der Waals surface area (Å²) in [6, 6.07) is 9.09. The Balaban J connectivity index is 1.98. The molecule has 0 aliphatic carbocycles. The van der Waals surface area contributed by atoms with E-state index in [-0.39, 0.29) is 5.91 Å². The van der Waals surface area contributed by atoms with E-state index in [0.29, 0.717) is 17.3 Å². The van der Waals surface area contributed by atoms with Crippen LogP contribution in [0.2, 0.25) is 5.02 Å². The van der Waals surface area contributed by atoms with Crippen LogP contribution in [0.5, 0.6) is 0 Å². The van der Waals surface area contributed by atoms with Crippen molar-refractivity contribution in [2.45, 2.75) is 20.4 Å². The average molecular weight is 264 g/mol. The predicted molar refractivity (Wildman–Crippen MR) is 70.8 cm³/mol. The van der Waals surface area contributed by atoms with Crippen molar-refractivity contribution in [1.29, 1.82) is 0 Å². The summed E-state index contributed by atoms with van der Waals surface area (Å²) in [5, 5.41) is 3.48. The van der Waals surface area contributed by atoms with E-state index in [0.717, 1.165) is 16.9 Å². The zero-order chi connectivity index (χ0) is 13.1. The number of benzene rings is 1. The van der Waals surface area contributed by atoms with Crippen LogP contribution in [0.1, 0.15) is 27.4 Å². The quantitative estimate of drug-likeness (QED) is 0.921. The minimum Gasteiger partial charge on any atom is -0.456 e. The Labute approximate surface area is 111 Å². The second kappa shape index (κ2) is 5.27. The van der Waals surface area contributed by atoms with Gasteiger partial charge in [0.15, 0.2) is 5.76 Å². The topological polar surface area (TPSA) is 42.2 Å². The van der Waals surface area contributed by atoms with Crippen molar-refractivity contribution in [3.8, 4) is 0 Å². The molecule has 4 heteroatoms. The maximum atomic E-state index is 11.8. The van der Waals surface area contributed by atoms with Gasteiger partial charge >= 0.3 is 0 Å². The molecule has 0 fully saturated rings. The molecular weight excluding hydrogens is 250 g/mol. The summed E-state index contributed by atoms with van der Waals surface area (Å²) in [5.74, 6) is 0.909. The van der Waals surface area contributed by atoms with Crippen LogP contribution in [-0.2, 0) is 6.54 Å². The minimum atomic E-state index is -0.207. The number of hydrogen-bond donors (Lipinski definition) is 1. The van der Waals surface area contributed by atoms with Crippen LogP contribution >= 0.6 is 11.6 Å². The molecule has 3 nitrogen and oxygen atoms in total. The number of amides is 1. The second-order valence-electron chi connectivity index (χ2n) is 4.16. The molecule has 0 aliphatic rings. The molecule has 0 atom stereocenters. The molecule has 2 aromatic rings. The number of furan rings is 1. The molecule has 18 heavy (non-hydrogen) atoms. The Hall–Kier alpha value is -1.74. The molecule has 1 N–H and O–H groups in total. The minimum absolute atomic E-state index is 0.207. The number of carbonyl (C=O) groups is 1. The number of halogens is 1. The molecule has 0 bridgehead atoms. The Morgan fingerprint density at radius 2 is 1.94 bits per heavy atom. The van der Waals surface area contributed by atoms with Crippen molar-refractivity contribution in [3.63, 3.8) is 0 Å². The molecule has 0 spiro atoms. The van der Waals surface area contributed by atoms with E-state index in [4.69, 9.17) is 16.0 Å². The molecule has 0 radical (unpaired) electrons. The SMILES string of the molecule is Cc1cc(C(=O)NCc2ccc(Cl)cc2)oc1C. The Bertz CT molecular complexity index is 538. The van der Waals surface area contributed by atoms with E-state index < -0.39 is 0 Å². The van der Waals surface area contributed by atoms with Gasteiger partial charge in [0, 0.05) is 11.6 Å². The van der Waals surface area contributed by atoms with Crippen molar-refractivity contribution in [3.05, 3.63) is 58.0 Å². The van der Waals surface area contributed by atoms with Crippen LogP contribution in [0.15, 0.2) is 34.7 Å². The van der Waals surface area contributed by atoms with E-state index in [1.807, 2.05) is 26.0 Å². The lowest BCUT2D eigenvalue weighted by molar-refractivity contribution is 0.0922. The standard InChI is InChI=1S/C14H14ClNO2/c1-9-7-13(18-10(9)2)14(17)16-8-11-3-5-12(15)6-4-11/h3-7H,8H2,1-2H3,(H,16,17). The lowest BCUT2D eigenvalue weighted by Crippen LogP contribution is -2.22. The highest BCUT2D eigenvalue weighted by atomic mass is 35.5. The fourth-order valence-electron chi connectivity index (χ4n) is 1.56. The number of aryl methyl sites for hydroxylation is 2. The van der Waals surface area contributed by atoms with E-state index in [9.17, 15) is 4.79 Å². The fraction of sp³-hybridized carbons (Fsp3) is 0.214. The Morgan fingerprint density at radius 1 is 1.28 bits per heavy atom. The lowest BCUT2D eigenvalue weighted by Gasteiger charge is -2.03. The molecule has 1 heterocycles. The predicted octanol–water partition coefficient (Wildman–Crippen LogP) is 3.48. The third-order valence-electron chi connectivity index (χ3n) is 2.76. The van der Waals surface area contributed by atoms with Crippen LogP contribution in [0.25, 0.3) is 0 Å². The molecule has 1 aromatic carbocycles. The van der Waals surface area contributed by atoms with E-state index >= 15 is 0 Å². The van der Waals surface area contributed by atoms with Gasteiger partial charge in [-0.3, -0.25) is 4.79 Å².